The first-order valence-electron chi connectivity index (χ1n) is 7.75. The topological polar surface area (TPSA) is 67.2 Å². The molecule has 0 saturated carbocycles. The zero-order valence-electron chi connectivity index (χ0n) is 13.4. The number of aliphatic hydroxyl groups excluding tert-OH is 1. The molecule has 0 spiro atoms. The fraction of sp³-hybridized carbons (Fsp3) is 0.158. The lowest BCUT2D eigenvalue weighted by molar-refractivity contribution is -0.123. The van der Waals surface area contributed by atoms with E-state index < -0.39 is 12.0 Å². The first-order valence-corrected chi connectivity index (χ1v) is 7.75. The van der Waals surface area contributed by atoms with Gasteiger partial charge in [0.05, 0.1) is 5.69 Å². The molecule has 0 aliphatic rings. The van der Waals surface area contributed by atoms with Gasteiger partial charge in [-0.05, 0) is 5.56 Å². The lowest BCUT2D eigenvalue weighted by Crippen LogP contribution is -2.29. The maximum absolute atomic E-state index is 12.3. The number of benzene rings is 2. The van der Waals surface area contributed by atoms with Crippen molar-refractivity contribution in [3.63, 3.8) is 0 Å². The number of nitrogens with one attached hydrogen (secondary N) is 1. The van der Waals surface area contributed by atoms with Crippen molar-refractivity contribution in [1.29, 1.82) is 0 Å². The molecule has 5 heteroatoms. The molecule has 122 valence electrons. The van der Waals surface area contributed by atoms with Crippen LogP contribution in [0.2, 0.25) is 0 Å². The normalized spacial score (nSPS) is 11.9. The Balaban J connectivity index is 1.75. The third-order valence-electron chi connectivity index (χ3n) is 3.71. The highest BCUT2D eigenvalue weighted by molar-refractivity contribution is 5.97. The minimum Gasteiger partial charge on any atom is -0.383 e. The van der Waals surface area contributed by atoms with Gasteiger partial charge in [-0.3, -0.25) is 9.48 Å². The van der Waals surface area contributed by atoms with Crippen LogP contribution < -0.4 is 5.32 Å². The summed E-state index contributed by atoms with van der Waals surface area (Å²) in [5.74, 6) is -0.441. The minimum atomic E-state index is -1.11. The van der Waals surface area contributed by atoms with Gasteiger partial charge in [-0.25, -0.2) is 0 Å². The van der Waals surface area contributed by atoms with Gasteiger partial charge < -0.3 is 10.4 Å². The number of carbonyl (C=O) groups is 1. The summed E-state index contributed by atoms with van der Waals surface area (Å²) in [6.45, 7) is 0. The largest absolute Gasteiger partial charge is 0.383 e. The number of anilines is 1. The summed E-state index contributed by atoms with van der Waals surface area (Å²) < 4.78 is 1.64. The molecule has 0 aliphatic carbocycles. The zero-order chi connectivity index (χ0) is 16.9. The maximum atomic E-state index is 12.3. The molecule has 1 aromatic heterocycles. The van der Waals surface area contributed by atoms with Gasteiger partial charge in [-0.2, -0.15) is 5.10 Å². The Bertz CT molecular complexity index is 813. The Morgan fingerprint density at radius 2 is 1.75 bits per heavy atom. The number of aliphatic hydroxyl groups is 1. The molecule has 1 amide bonds. The summed E-state index contributed by atoms with van der Waals surface area (Å²) in [6.07, 6.45) is 0.888. The first-order chi connectivity index (χ1) is 11.6. The van der Waals surface area contributed by atoms with Crippen molar-refractivity contribution in [2.24, 2.45) is 7.05 Å². The van der Waals surface area contributed by atoms with Crippen LogP contribution in [0, 0.1) is 0 Å². The predicted molar refractivity (Wildman–Crippen MR) is 93.4 cm³/mol. The van der Waals surface area contributed by atoms with E-state index in [1.165, 1.54) is 0 Å². The van der Waals surface area contributed by atoms with Crippen molar-refractivity contribution in [2.75, 3.05) is 5.32 Å². The van der Waals surface area contributed by atoms with Crippen LogP contribution in [-0.2, 0) is 18.3 Å². The molecule has 5 nitrogen and oxygen atoms in total. The number of amides is 1. The van der Waals surface area contributed by atoms with Crippen LogP contribution in [0.15, 0.2) is 66.9 Å². The molecule has 0 bridgehead atoms. The summed E-state index contributed by atoms with van der Waals surface area (Å²) in [7, 11) is 1.79. The van der Waals surface area contributed by atoms with E-state index in [2.05, 4.69) is 10.4 Å². The summed E-state index contributed by atoms with van der Waals surface area (Å²) in [5, 5.41) is 17.3. The van der Waals surface area contributed by atoms with E-state index >= 15 is 0 Å². The van der Waals surface area contributed by atoms with Gasteiger partial charge in [0.1, 0.15) is 11.8 Å². The van der Waals surface area contributed by atoms with E-state index in [1.54, 1.807) is 17.9 Å². The molecule has 2 aromatic carbocycles. The van der Waals surface area contributed by atoms with E-state index in [4.69, 9.17) is 0 Å². The number of hydrogen-bond acceptors (Lipinski definition) is 3. The van der Waals surface area contributed by atoms with Crippen LogP contribution in [0.3, 0.4) is 0 Å². The minimum absolute atomic E-state index is 0.271. The average Bonchev–Trinajstić information content (AvgIpc) is 2.97. The van der Waals surface area contributed by atoms with Gasteiger partial charge in [0.25, 0.3) is 5.91 Å². The number of nitrogens with zero attached hydrogens (tertiary/aromatic N) is 2. The van der Waals surface area contributed by atoms with Crippen LogP contribution in [-0.4, -0.2) is 26.9 Å². The van der Waals surface area contributed by atoms with Crippen LogP contribution in [0.1, 0.15) is 5.56 Å². The van der Waals surface area contributed by atoms with E-state index in [0.29, 0.717) is 11.4 Å². The smallest absolute Gasteiger partial charge is 0.253 e. The molecular weight excluding hydrogens is 302 g/mol. The van der Waals surface area contributed by atoms with E-state index in [-0.39, 0.29) is 6.42 Å². The number of aromatic nitrogens is 2. The Labute approximate surface area is 140 Å². The fourth-order valence-electron chi connectivity index (χ4n) is 2.54. The highest BCUT2D eigenvalue weighted by Crippen LogP contribution is 2.26. The molecule has 2 N–H and O–H groups in total. The highest BCUT2D eigenvalue weighted by atomic mass is 16.3. The average molecular weight is 321 g/mol. The van der Waals surface area contributed by atoms with Gasteiger partial charge in [-0.15, -0.1) is 0 Å². The maximum Gasteiger partial charge on any atom is 0.253 e. The molecule has 3 rings (SSSR count). The summed E-state index contributed by atoms with van der Waals surface area (Å²) >= 11 is 0. The Morgan fingerprint density at radius 1 is 1.12 bits per heavy atom. The molecular formula is C19H19N3O2. The Hall–Kier alpha value is -2.92. The highest BCUT2D eigenvalue weighted by Gasteiger charge is 2.19. The van der Waals surface area contributed by atoms with E-state index in [0.717, 1.165) is 11.1 Å². The van der Waals surface area contributed by atoms with Gasteiger partial charge in [-0.1, -0.05) is 60.7 Å². The van der Waals surface area contributed by atoms with Crippen molar-refractivity contribution in [3.8, 4) is 11.3 Å². The van der Waals surface area contributed by atoms with E-state index in [1.807, 2.05) is 60.7 Å². The van der Waals surface area contributed by atoms with Gasteiger partial charge in [0.15, 0.2) is 0 Å². The van der Waals surface area contributed by atoms with Crippen molar-refractivity contribution >= 4 is 11.6 Å². The standard InChI is InChI=1S/C19H19N3O2/c1-22-13-16(18(21-22)15-10-6-3-7-11-15)20-19(24)17(23)12-14-8-4-2-5-9-14/h2-11,13,17,23H,12H2,1H3,(H,20,24)/t17-/m0/s1. The van der Waals surface area contributed by atoms with Crippen molar-refractivity contribution in [2.45, 2.75) is 12.5 Å². The molecule has 0 saturated heterocycles. The first kappa shape index (κ1) is 16.0. The Kier molecular flexibility index (Phi) is 4.72. The van der Waals surface area contributed by atoms with Gasteiger partial charge >= 0.3 is 0 Å². The van der Waals surface area contributed by atoms with Crippen LogP contribution in [0.4, 0.5) is 5.69 Å². The monoisotopic (exact) mass is 321 g/mol. The van der Waals surface area contributed by atoms with Crippen LogP contribution >= 0.6 is 0 Å². The van der Waals surface area contributed by atoms with Crippen LogP contribution in [0.5, 0.6) is 0 Å². The molecule has 3 aromatic rings. The second-order valence-corrected chi connectivity index (χ2v) is 5.63. The predicted octanol–water partition coefficient (Wildman–Crippen LogP) is 2.63. The molecule has 0 radical (unpaired) electrons. The number of aryl methyl sites for hydroxylation is 1. The third kappa shape index (κ3) is 3.70. The lowest BCUT2D eigenvalue weighted by Gasteiger charge is -2.11. The SMILES string of the molecule is Cn1cc(NC(=O)[C@@H](O)Cc2ccccc2)c(-c2ccccc2)n1. The van der Waals surface area contributed by atoms with Gasteiger partial charge in [0.2, 0.25) is 0 Å². The van der Waals surface area contributed by atoms with Crippen molar-refractivity contribution < 1.29 is 9.90 Å². The fourth-order valence-corrected chi connectivity index (χ4v) is 2.54. The zero-order valence-corrected chi connectivity index (χ0v) is 13.4. The molecule has 1 atom stereocenters. The van der Waals surface area contributed by atoms with Crippen LogP contribution in [0.25, 0.3) is 11.3 Å². The summed E-state index contributed by atoms with van der Waals surface area (Å²) in [5.41, 5.74) is 3.08. The van der Waals surface area contributed by atoms with Crippen molar-refractivity contribution in [1.82, 2.24) is 9.78 Å². The second-order valence-electron chi connectivity index (χ2n) is 5.63. The summed E-state index contributed by atoms with van der Waals surface area (Å²) in [6, 6.07) is 19.1. The van der Waals surface area contributed by atoms with Gasteiger partial charge in [0, 0.05) is 25.2 Å². The molecule has 1 heterocycles. The Morgan fingerprint density at radius 3 is 2.42 bits per heavy atom. The number of rotatable bonds is 5. The van der Waals surface area contributed by atoms with E-state index in [9.17, 15) is 9.90 Å². The summed E-state index contributed by atoms with van der Waals surface area (Å²) in [4.78, 5) is 12.3. The number of hydrogen-bond donors (Lipinski definition) is 2. The molecule has 0 fully saturated rings. The van der Waals surface area contributed by atoms with Crippen molar-refractivity contribution in [3.05, 3.63) is 72.4 Å². The number of carbonyl (C=O) groups excluding carboxylic acids is 1. The quantitative estimate of drug-likeness (QED) is 0.759. The lowest BCUT2D eigenvalue weighted by atomic mass is 10.1. The molecule has 24 heavy (non-hydrogen) atoms. The third-order valence-corrected chi connectivity index (χ3v) is 3.71. The molecule has 0 aliphatic heterocycles. The second kappa shape index (κ2) is 7.10. The molecule has 0 unspecified atom stereocenters.